The molecule has 0 bridgehead atoms. The molecule has 0 fully saturated rings. The Morgan fingerprint density at radius 1 is 1.53 bits per heavy atom. The number of aromatic nitrogens is 4. The van der Waals surface area contributed by atoms with E-state index >= 15 is 0 Å². The molecule has 0 spiro atoms. The van der Waals surface area contributed by atoms with Gasteiger partial charge in [-0.2, -0.15) is 19.6 Å². The van der Waals surface area contributed by atoms with Crippen molar-refractivity contribution < 1.29 is 4.74 Å². The Morgan fingerprint density at radius 2 is 2.35 bits per heavy atom. The molecule has 0 aromatic carbocycles. The van der Waals surface area contributed by atoms with E-state index in [1.165, 1.54) is 6.33 Å². The lowest BCUT2D eigenvalue weighted by Crippen LogP contribution is -2.11. The first kappa shape index (κ1) is 12.1. The molecule has 5 nitrogen and oxygen atoms in total. The molecule has 6 heteroatoms. The molecule has 0 saturated carbocycles. The third-order valence-electron chi connectivity index (χ3n) is 2.49. The summed E-state index contributed by atoms with van der Waals surface area (Å²) in [6.07, 6.45) is 3.72. The zero-order chi connectivity index (χ0) is 12.3. The summed E-state index contributed by atoms with van der Waals surface area (Å²) in [4.78, 5) is 8.01. The van der Waals surface area contributed by atoms with Gasteiger partial charge in [-0.1, -0.05) is 31.9 Å². The summed E-state index contributed by atoms with van der Waals surface area (Å²) in [7, 11) is 0. The van der Waals surface area contributed by atoms with Crippen LogP contribution in [0.25, 0.3) is 5.78 Å². The summed E-state index contributed by atoms with van der Waals surface area (Å²) in [5, 5.41) is 4.41. The van der Waals surface area contributed by atoms with Crippen LogP contribution in [0.4, 0.5) is 0 Å². The Hall–Kier alpha value is -1.36. The van der Waals surface area contributed by atoms with Gasteiger partial charge in [0, 0.05) is 6.07 Å². The van der Waals surface area contributed by atoms with Crippen LogP contribution in [0.3, 0.4) is 0 Å². The van der Waals surface area contributed by atoms with Crippen LogP contribution in [-0.2, 0) is 0 Å². The predicted molar refractivity (Wildman–Crippen MR) is 65.4 cm³/mol. The quantitative estimate of drug-likeness (QED) is 0.770. The minimum Gasteiger partial charge on any atom is -0.477 e. The van der Waals surface area contributed by atoms with Crippen LogP contribution >= 0.6 is 11.6 Å². The molecule has 2 aromatic rings. The van der Waals surface area contributed by atoms with Crippen molar-refractivity contribution in [2.24, 2.45) is 5.92 Å². The van der Waals surface area contributed by atoms with Crippen molar-refractivity contribution in [1.82, 2.24) is 19.6 Å². The lowest BCUT2D eigenvalue weighted by Gasteiger charge is -2.12. The number of rotatable bonds is 5. The average Bonchev–Trinajstić information content (AvgIpc) is 2.74. The standard InChI is InChI=1S/C11H15ClN4O/c1-3-4-8(2)6-17-10-5-9(12)15-11-13-7-14-16(10)11/h5,7-8H,3-4,6H2,1-2H3. The minimum absolute atomic E-state index is 0.364. The largest absolute Gasteiger partial charge is 0.477 e. The third-order valence-corrected chi connectivity index (χ3v) is 2.68. The van der Waals surface area contributed by atoms with Crippen molar-refractivity contribution in [2.75, 3.05) is 6.61 Å². The van der Waals surface area contributed by atoms with Gasteiger partial charge < -0.3 is 4.74 Å². The van der Waals surface area contributed by atoms with Crippen molar-refractivity contribution in [3.05, 3.63) is 17.5 Å². The molecule has 0 aliphatic carbocycles. The SMILES string of the molecule is CCCC(C)COc1cc(Cl)nc2ncnn12. The van der Waals surface area contributed by atoms with Gasteiger partial charge >= 0.3 is 0 Å². The number of fused-ring (bicyclic) bond motifs is 1. The first-order chi connectivity index (χ1) is 8.20. The second kappa shape index (κ2) is 5.31. The van der Waals surface area contributed by atoms with Crippen molar-refractivity contribution >= 4 is 17.4 Å². The van der Waals surface area contributed by atoms with Crippen LogP contribution < -0.4 is 4.74 Å². The Bertz CT molecular complexity index is 499. The molecule has 0 radical (unpaired) electrons. The van der Waals surface area contributed by atoms with E-state index in [2.05, 4.69) is 28.9 Å². The molecule has 0 aliphatic heterocycles. The molecular formula is C11H15ClN4O. The van der Waals surface area contributed by atoms with Crippen LogP contribution in [0.15, 0.2) is 12.4 Å². The van der Waals surface area contributed by atoms with Gasteiger partial charge in [0.2, 0.25) is 5.88 Å². The zero-order valence-corrected chi connectivity index (χ0v) is 10.7. The third kappa shape index (κ3) is 2.85. The summed E-state index contributed by atoms with van der Waals surface area (Å²) < 4.78 is 7.25. The number of hydrogen-bond acceptors (Lipinski definition) is 4. The smallest absolute Gasteiger partial charge is 0.256 e. The second-order valence-corrected chi connectivity index (χ2v) is 4.48. The molecular weight excluding hydrogens is 240 g/mol. The molecule has 0 N–H and O–H groups in total. The Kier molecular flexibility index (Phi) is 3.78. The molecule has 0 saturated heterocycles. The highest BCUT2D eigenvalue weighted by molar-refractivity contribution is 6.29. The first-order valence-corrected chi connectivity index (χ1v) is 6.07. The van der Waals surface area contributed by atoms with E-state index in [-0.39, 0.29) is 0 Å². The zero-order valence-electron chi connectivity index (χ0n) is 9.93. The molecule has 2 aromatic heterocycles. The maximum absolute atomic E-state index is 5.88. The second-order valence-electron chi connectivity index (χ2n) is 4.09. The molecule has 1 atom stereocenters. The highest BCUT2D eigenvalue weighted by Gasteiger charge is 2.09. The average molecular weight is 255 g/mol. The van der Waals surface area contributed by atoms with Gasteiger partial charge in [0.25, 0.3) is 5.78 Å². The fraction of sp³-hybridized carbons (Fsp3) is 0.545. The van der Waals surface area contributed by atoms with Crippen molar-refractivity contribution in [3.63, 3.8) is 0 Å². The van der Waals surface area contributed by atoms with Crippen LogP contribution in [0.2, 0.25) is 5.15 Å². The summed E-state index contributed by atoms with van der Waals surface area (Å²) in [5.74, 6) is 1.54. The van der Waals surface area contributed by atoms with Crippen LogP contribution in [0.5, 0.6) is 5.88 Å². The fourth-order valence-corrected chi connectivity index (χ4v) is 1.83. The fourth-order valence-electron chi connectivity index (χ4n) is 1.66. The number of halogens is 1. The predicted octanol–water partition coefficient (Wildman–Crippen LogP) is 2.59. The van der Waals surface area contributed by atoms with Gasteiger partial charge in [-0.15, -0.1) is 0 Å². The first-order valence-electron chi connectivity index (χ1n) is 5.69. The lowest BCUT2D eigenvalue weighted by atomic mass is 10.1. The van der Waals surface area contributed by atoms with Gasteiger partial charge in [-0.05, 0) is 12.3 Å². The van der Waals surface area contributed by atoms with Gasteiger partial charge in [-0.3, -0.25) is 0 Å². The van der Waals surface area contributed by atoms with Crippen LogP contribution in [-0.4, -0.2) is 26.2 Å². The van der Waals surface area contributed by atoms with E-state index in [4.69, 9.17) is 16.3 Å². The summed E-state index contributed by atoms with van der Waals surface area (Å²) >= 11 is 5.88. The Morgan fingerprint density at radius 3 is 3.12 bits per heavy atom. The molecule has 2 heterocycles. The van der Waals surface area contributed by atoms with Gasteiger partial charge in [0.1, 0.15) is 11.5 Å². The van der Waals surface area contributed by atoms with Gasteiger partial charge in [0.05, 0.1) is 6.61 Å². The molecule has 2 rings (SSSR count). The van der Waals surface area contributed by atoms with E-state index in [0.717, 1.165) is 12.8 Å². The van der Waals surface area contributed by atoms with Crippen molar-refractivity contribution in [3.8, 4) is 5.88 Å². The normalized spacial score (nSPS) is 12.9. The molecule has 0 aliphatic rings. The Labute approximate surface area is 105 Å². The highest BCUT2D eigenvalue weighted by atomic mass is 35.5. The lowest BCUT2D eigenvalue weighted by molar-refractivity contribution is 0.237. The van der Waals surface area contributed by atoms with E-state index in [0.29, 0.717) is 29.3 Å². The van der Waals surface area contributed by atoms with E-state index < -0.39 is 0 Å². The van der Waals surface area contributed by atoms with E-state index in [1.54, 1.807) is 10.6 Å². The molecule has 17 heavy (non-hydrogen) atoms. The van der Waals surface area contributed by atoms with E-state index in [9.17, 15) is 0 Å². The summed E-state index contributed by atoms with van der Waals surface area (Å²) in [6, 6.07) is 1.65. The number of ether oxygens (including phenoxy) is 1. The molecule has 1 unspecified atom stereocenters. The number of nitrogens with zero attached hydrogens (tertiary/aromatic N) is 4. The maximum atomic E-state index is 5.88. The van der Waals surface area contributed by atoms with Crippen molar-refractivity contribution in [2.45, 2.75) is 26.7 Å². The highest BCUT2D eigenvalue weighted by Crippen LogP contribution is 2.18. The monoisotopic (exact) mass is 254 g/mol. The topological polar surface area (TPSA) is 52.3 Å². The Balaban J connectivity index is 2.14. The van der Waals surface area contributed by atoms with E-state index in [1.807, 2.05) is 0 Å². The van der Waals surface area contributed by atoms with Gasteiger partial charge in [0.15, 0.2) is 0 Å². The summed E-state index contributed by atoms with van der Waals surface area (Å²) in [5.41, 5.74) is 0. The molecule has 92 valence electrons. The maximum Gasteiger partial charge on any atom is 0.256 e. The summed E-state index contributed by atoms with van der Waals surface area (Å²) in [6.45, 7) is 4.96. The van der Waals surface area contributed by atoms with Gasteiger partial charge in [-0.25, -0.2) is 0 Å². The molecule has 0 amide bonds. The van der Waals surface area contributed by atoms with Crippen LogP contribution in [0, 0.1) is 5.92 Å². The minimum atomic E-state index is 0.364. The number of hydrogen-bond donors (Lipinski definition) is 0. The van der Waals surface area contributed by atoms with Crippen molar-refractivity contribution in [1.29, 1.82) is 0 Å². The van der Waals surface area contributed by atoms with Crippen LogP contribution in [0.1, 0.15) is 26.7 Å².